The number of amides is 1. The zero-order valence-electron chi connectivity index (χ0n) is 10.1. The number of carbonyl (C=O) groups excluding carboxylic acids is 1. The number of carbonyl (C=O) groups is 1. The molecule has 1 fully saturated rings. The minimum atomic E-state index is -0.0573. The molecule has 0 aliphatic carbocycles. The lowest BCUT2D eigenvalue weighted by Crippen LogP contribution is -2.26. The number of hydrogen-bond acceptors (Lipinski definition) is 2. The van der Waals surface area contributed by atoms with E-state index in [1.165, 1.54) is 10.5 Å². The van der Waals surface area contributed by atoms with Crippen molar-refractivity contribution >= 4 is 29.3 Å². The third kappa shape index (κ3) is 2.08. The van der Waals surface area contributed by atoms with Crippen LogP contribution in [0.1, 0.15) is 11.1 Å². The van der Waals surface area contributed by atoms with Crippen LogP contribution in [-0.2, 0) is 4.79 Å². The van der Waals surface area contributed by atoms with Gasteiger partial charge in [-0.15, -0.1) is 0 Å². The summed E-state index contributed by atoms with van der Waals surface area (Å²) in [7, 11) is 3.50. The van der Waals surface area contributed by atoms with Gasteiger partial charge in [-0.1, -0.05) is 29.8 Å². The van der Waals surface area contributed by atoms with Gasteiger partial charge in [0.25, 0.3) is 5.91 Å². The lowest BCUT2D eigenvalue weighted by molar-refractivity contribution is -0.121. The van der Waals surface area contributed by atoms with E-state index in [0.29, 0.717) is 10.8 Å². The van der Waals surface area contributed by atoms with Crippen LogP contribution in [-0.4, -0.2) is 34.9 Å². The molecule has 1 aromatic carbocycles. The van der Waals surface area contributed by atoms with Gasteiger partial charge in [0.05, 0.1) is 0 Å². The first-order chi connectivity index (χ1) is 8.00. The standard InChI is InChI=1S/C13H14N2OS/c1-9-4-6-10(7-5-9)8-11-12(16)15(3)13(17)14(11)2/h4-8H,1-3H3. The second-order valence-electron chi connectivity index (χ2n) is 4.15. The van der Waals surface area contributed by atoms with Crippen LogP contribution in [0.15, 0.2) is 30.0 Å². The minimum absolute atomic E-state index is 0.0573. The Morgan fingerprint density at radius 2 is 1.71 bits per heavy atom. The monoisotopic (exact) mass is 246 g/mol. The Bertz CT molecular complexity index is 505. The Kier molecular flexibility index (Phi) is 2.98. The van der Waals surface area contributed by atoms with E-state index < -0.39 is 0 Å². The Labute approximate surface area is 106 Å². The molecule has 1 aromatic rings. The SMILES string of the molecule is Cc1ccc(C=C2C(=O)N(C)C(=S)N2C)cc1. The topological polar surface area (TPSA) is 23.6 Å². The van der Waals surface area contributed by atoms with Crippen molar-refractivity contribution in [3.05, 3.63) is 41.1 Å². The molecule has 88 valence electrons. The highest BCUT2D eigenvalue weighted by Gasteiger charge is 2.32. The molecule has 0 N–H and O–H groups in total. The predicted molar refractivity (Wildman–Crippen MR) is 72.3 cm³/mol. The van der Waals surface area contributed by atoms with Gasteiger partial charge in [-0.25, -0.2) is 0 Å². The summed E-state index contributed by atoms with van der Waals surface area (Å²) in [6, 6.07) is 8.03. The number of aryl methyl sites for hydroxylation is 1. The number of nitrogens with zero attached hydrogens (tertiary/aromatic N) is 2. The molecule has 4 heteroatoms. The van der Waals surface area contributed by atoms with Crippen LogP contribution in [0.4, 0.5) is 0 Å². The van der Waals surface area contributed by atoms with E-state index in [-0.39, 0.29) is 5.91 Å². The molecule has 0 radical (unpaired) electrons. The van der Waals surface area contributed by atoms with E-state index in [1.807, 2.05) is 44.3 Å². The fraction of sp³-hybridized carbons (Fsp3) is 0.231. The third-order valence-electron chi connectivity index (χ3n) is 2.84. The molecule has 0 saturated carbocycles. The van der Waals surface area contributed by atoms with Gasteiger partial charge >= 0.3 is 0 Å². The highest BCUT2D eigenvalue weighted by molar-refractivity contribution is 7.80. The second-order valence-corrected chi connectivity index (χ2v) is 4.51. The lowest BCUT2D eigenvalue weighted by atomic mass is 10.1. The van der Waals surface area contributed by atoms with Crippen LogP contribution in [0.5, 0.6) is 0 Å². The van der Waals surface area contributed by atoms with Crippen LogP contribution in [0.25, 0.3) is 6.08 Å². The number of rotatable bonds is 1. The van der Waals surface area contributed by atoms with Gasteiger partial charge in [-0.2, -0.15) is 0 Å². The maximum atomic E-state index is 11.9. The Hall–Kier alpha value is -1.68. The zero-order chi connectivity index (χ0) is 12.6. The predicted octanol–water partition coefficient (Wildman–Crippen LogP) is 2.02. The van der Waals surface area contributed by atoms with Crippen LogP contribution in [0, 0.1) is 6.92 Å². The van der Waals surface area contributed by atoms with Crippen molar-refractivity contribution in [2.75, 3.05) is 14.1 Å². The molecule has 1 aliphatic rings. The molecule has 0 atom stereocenters. The van der Waals surface area contributed by atoms with Gasteiger partial charge in [0, 0.05) is 14.1 Å². The van der Waals surface area contributed by atoms with Gasteiger partial charge in [0.2, 0.25) is 0 Å². The van der Waals surface area contributed by atoms with Crippen molar-refractivity contribution in [2.45, 2.75) is 6.92 Å². The summed E-state index contributed by atoms with van der Waals surface area (Å²) in [6.07, 6.45) is 1.86. The van der Waals surface area contributed by atoms with Gasteiger partial charge in [-0.3, -0.25) is 9.69 Å². The zero-order valence-corrected chi connectivity index (χ0v) is 10.9. The Balaban J connectivity index is 2.37. The van der Waals surface area contributed by atoms with Gasteiger partial charge in [-0.05, 0) is 30.8 Å². The number of thiocarbonyl (C=S) groups is 1. The summed E-state index contributed by atoms with van der Waals surface area (Å²) < 4.78 is 0. The molecule has 3 nitrogen and oxygen atoms in total. The Morgan fingerprint density at radius 1 is 1.12 bits per heavy atom. The first kappa shape index (κ1) is 11.8. The molecular weight excluding hydrogens is 232 g/mol. The molecule has 2 rings (SSSR count). The summed E-state index contributed by atoms with van der Waals surface area (Å²) in [5.74, 6) is -0.0573. The van der Waals surface area contributed by atoms with E-state index in [0.717, 1.165) is 5.56 Å². The van der Waals surface area contributed by atoms with Crippen LogP contribution in [0.3, 0.4) is 0 Å². The summed E-state index contributed by atoms with van der Waals surface area (Å²) in [5, 5.41) is 0.536. The maximum Gasteiger partial charge on any atom is 0.276 e. The molecule has 1 amide bonds. The van der Waals surface area contributed by atoms with Crippen molar-refractivity contribution in [2.24, 2.45) is 0 Å². The molecule has 0 bridgehead atoms. The lowest BCUT2D eigenvalue weighted by Gasteiger charge is -2.11. The van der Waals surface area contributed by atoms with Gasteiger partial charge < -0.3 is 4.90 Å². The van der Waals surface area contributed by atoms with E-state index in [4.69, 9.17) is 12.2 Å². The minimum Gasteiger partial charge on any atom is -0.317 e. The molecular formula is C13H14N2OS. The maximum absolute atomic E-state index is 11.9. The van der Waals surface area contributed by atoms with Crippen LogP contribution < -0.4 is 0 Å². The first-order valence-electron chi connectivity index (χ1n) is 5.35. The van der Waals surface area contributed by atoms with E-state index in [2.05, 4.69) is 0 Å². The highest BCUT2D eigenvalue weighted by atomic mass is 32.1. The van der Waals surface area contributed by atoms with Crippen molar-refractivity contribution in [1.29, 1.82) is 0 Å². The van der Waals surface area contributed by atoms with E-state index in [1.54, 1.807) is 11.9 Å². The Morgan fingerprint density at radius 3 is 2.18 bits per heavy atom. The fourth-order valence-electron chi connectivity index (χ4n) is 1.71. The summed E-state index contributed by atoms with van der Waals surface area (Å²) in [6.45, 7) is 2.03. The van der Waals surface area contributed by atoms with E-state index in [9.17, 15) is 4.79 Å². The first-order valence-corrected chi connectivity index (χ1v) is 5.75. The van der Waals surface area contributed by atoms with Crippen molar-refractivity contribution in [3.8, 4) is 0 Å². The van der Waals surface area contributed by atoms with Gasteiger partial charge in [0.1, 0.15) is 5.70 Å². The molecule has 0 unspecified atom stereocenters. The van der Waals surface area contributed by atoms with Crippen molar-refractivity contribution in [3.63, 3.8) is 0 Å². The van der Waals surface area contributed by atoms with E-state index >= 15 is 0 Å². The molecule has 1 heterocycles. The second kappa shape index (κ2) is 4.30. The van der Waals surface area contributed by atoms with Crippen LogP contribution in [0.2, 0.25) is 0 Å². The average Bonchev–Trinajstić information content (AvgIpc) is 2.50. The molecule has 17 heavy (non-hydrogen) atoms. The van der Waals surface area contributed by atoms with Gasteiger partial charge in [0.15, 0.2) is 5.11 Å². The summed E-state index contributed by atoms with van der Waals surface area (Å²) in [5.41, 5.74) is 2.82. The molecule has 0 spiro atoms. The fourth-order valence-corrected chi connectivity index (χ4v) is 1.89. The quantitative estimate of drug-likeness (QED) is 0.559. The van der Waals surface area contributed by atoms with Crippen molar-refractivity contribution in [1.82, 2.24) is 9.80 Å². The highest BCUT2D eigenvalue weighted by Crippen LogP contribution is 2.20. The molecule has 0 aromatic heterocycles. The average molecular weight is 246 g/mol. The molecule has 1 saturated heterocycles. The molecule has 1 aliphatic heterocycles. The third-order valence-corrected chi connectivity index (χ3v) is 3.39. The van der Waals surface area contributed by atoms with Crippen LogP contribution >= 0.6 is 12.2 Å². The van der Waals surface area contributed by atoms with Crippen molar-refractivity contribution < 1.29 is 4.79 Å². The normalized spacial score (nSPS) is 18.4. The number of hydrogen-bond donors (Lipinski definition) is 0. The smallest absolute Gasteiger partial charge is 0.276 e. The summed E-state index contributed by atoms with van der Waals surface area (Å²) in [4.78, 5) is 15.1. The number of likely N-dealkylation sites (N-methyl/N-ethyl adjacent to an activating group) is 2. The number of benzene rings is 1. The summed E-state index contributed by atoms with van der Waals surface area (Å²) >= 11 is 5.15. The largest absolute Gasteiger partial charge is 0.317 e.